The maximum Gasteiger partial charge on any atom is 0.224 e. The van der Waals surface area contributed by atoms with Crippen LogP contribution in [0.5, 0.6) is 5.75 Å². The highest BCUT2D eigenvalue weighted by atomic mass is 35.5. The van der Waals surface area contributed by atoms with Gasteiger partial charge in [0.2, 0.25) is 5.91 Å². The lowest BCUT2D eigenvalue weighted by Crippen LogP contribution is -2.20. The Morgan fingerprint density at radius 3 is 2.68 bits per heavy atom. The Morgan fingerprint density at radius 1 is 1.42 bits per heavy atom. The summed E-state index contributed by atoms with van der Waals surface area (Å²) < 4.78 is 5.63. The smallest absolute Gasteiger partial charge is 0.224 e. The van der Waals surface area contributed by atoms with Gasteiger partial charge in [0.1, 0.15) is 0 Å². The molecule has 0 aliphatic rings. The Labute approximate surface area is 119 Å². The van der Waals surface area contributed by atoms with E-state index in [0.29, 0.717) is 29.3 Å². The number of para-hydroxylation sites is 1. The number of carbonyl (C=O) groups is 1. The molecular formula is C14H21ClN2O2. The van der Waals surface area contributed by atoms with Crippen LogP contribution in [-0.2, 0) is 4.79 Å². The summed E-state index contributed by atoms with van der Waals surface area (Å²) >= 11 is 6.09. The van der Waals surface area contributed by atoms with Crippen molar-refractivity contribution in [3.8, 4) is 5.75 Å². The molecule has 0 spiro atoms. The molecule has 0 heterocycles. The highest BCUT2D eigenvalue weighted by Gasteiger charge is 2.13. The first-order valence-corrected chi connectivity index (χ1v) is 6.78. The zero-order valence-electron chi connectivity index (χ0n) is 11.6. The molecule has 5 heteroatoms. The number of nitrogens with one attached hydrogen (secondary N) is 1. The van der Waals surface area contributed by atoms with E-state index >= 15 is 0 Å². The van der Waals surface area contributed by atoms with Gasteiger partial charge in [-0.05, 0) is 39.3 Å². The van der Waals surface area contributed by atoms with Gasteiger partial charge in [-0.25, -0.2) is 0 Å². The van der Waals surface area contributed by atoms with E-state index in [4.69, 9.17) is 22.1 Å². The van der Waals surface area contributed by atoms with Gasteiger partial charge in [-0.15, -0.1) is 0 Å². The summed E-state index contributed by atoms with van der Waals surface area (Å²) in [4.78, 5) is 11.8. The van der Waals surface area contributed by atoms with Crippen LogP contribution >= 0.6 is 11.6 Å². The lowest BCUT2D eigenvalue weighted by Gasteiger charge is -2.16. The molecule has 106 valence electrons. The minimum atomic E-state index is -0.0897. The molecule has 19 heavy (non-hydrogen) atoms. The molecule has 0 bridgehead atoms. The van der Waals surface area contributed by atoms with Gasteiger partial charge in [-0.3, -0.25) is 4.79 Å². The molecule has 1 aromatic rings. The van der Waals surface area contributed by atoms with Crippen molar-refractivity contribution in [1.29, 1.82) is 0 Å². The molecule has 0 aliphatic carbocycles. The number of amides is 1. The summed E-state index contributed by atoms with van der Waals surface area (Å²) in [7, 11) is 0. The van der Waals surface area contributed by atoms with Crippen molar-refractivity contribution >= 4 is 23.2 Å². The molecular weight excluding hydrogens is 264 g/mol. The molecule has 0 aromatic heterocycles. The summed E-state index contributed by atoms with van der Waals surface area (Å²) in [5.74, 6) is 0.418. The van der Waals surface area contributed by atoms with Gasteiger partial charge in [0, 0.05) is 12.5 Å². The molecule has 1 unspecified atom stereocenters. The molecule has 4 nitrogen and oxygen atoms in total. The fraction of sp³-hybridized carbons (Fsp3) is 0.500. The van der Waals surface area contributed by atoms with E-state index in [-0.39, 0.29) is 18.1 Å². The minimum absolute atomic E-state index is 0.0106. The lowest BCUT2D eigenvalue weighted by molar-refractivity contribution is -0.116. The molecule has 1 rings (SSSR count). The van der Waals surface area contributed by atoms with E-state index in [9.17, 15) is 4.79 Å². The number of hydrogen-bond donors (Lipinski definition) is 2. The Morgan fingerprint density at radius 2 is 2.11 bits per heavy atom. The number of anilines is 1. The highest BCUT2D eigenvalue weighted by molar-refractivity contribution is 6.32. The second kappa shape index (κ2) is 7.36. The van der Waals surface area contributed by atoms with Crippen molar-refractivity contribution in [3.05, 3.63) is 23.2 Å². The lowest BCUT2D eigenvalue weighted by atomic mass is 10.2. The third kappa shape index (κ3) is 5.49. The van der Waals surface area contributed by atoms with Crippen LogP contribution in [0.25, 0.3) is 0 Å². The number of carbonyl (C=O) groups excluding carboxylic acids is 1. The maximum atomic E-state index is 11.8. The average molecular weight is 285 g/mol. The second-order valence-corrected chi connectivity index (χ2v) is 5.25. The molecule has 0 saturated carbocycles. The van der Waals surface area contributed by atoms with Crippen LogP contribution in [0.15, 0.2) is 18.2 Å². The number of ether oxygens (including phenoxy) is 1. The van der Waals surface area contributed by atoms with Crippen molar-refractivity contribution in [1.82, 2.24) is 0 Å². The van der Waals surface area contributed by atoms with Crippen LogP contribution < -0.4 is 15.8 Å². The summed E-state index contributed by atoms with van der Waals surface area (Å²) in [6.45, 7) is 5.69. The van der Waals surface area contributed by atoms with Crippen LogP contribution in [0.1, 0.15) is 33.6 Å². The zero-order valence-corrected chi connectivity index (χ0v) is 12.3. The van der Waals surface area contributed by atoms with Gasteiger partial charge in [-0.2, -0.15) is 0 Å². The maximum absolute atomic E-state index is 11.8. The SMILES string of the molecule is CC(N)CCC(=O)Nc1cccc(Cl)c1OC(C)C. The van der Waals surface area contributed by atoms with Gasteiger partial charge in [0.05, 0.1) is 16.8 Å². The van der Waals surface area contributed by atoms with Crippen molar-refractivity contribution in [2.75, 3.05) is 5.32 Å². The summed E-state index contributed by atoms with van der Waals surface area (Å²) in [5, 5.41) is 3.29. The zero-order chi connectivity index (χ0) is 14.4. The molecule has 0 fully saturated rings. The summed E-state index contributed by atoms with van der Waals surface area (Å²) in [5.41, 5.74) is 6.22. The van der Waals surface area contributed by atoms with Crippen molar-refractivity contribution in [2.45, 2.75) is 45.8 Å². The van der Waals surface area contributed by atoms with Crippen LogP contribution in [-0.4, -0.2) is 18.1 Å². The van der Waals surface area contributed by atoms with Gasteiger partial charge in [-0.1, -0.05) is 17.7 Å². The molecule has 0 radical (unpaired) electrons. The van der Waals surface area contributed by atoms with E-state index in [1.54, 1.807) is 18.2 Å². The summed E-state index contributed by atoms with van der Waals surface area (Å²) in [6, 6.07) is 5.29. The largest absolute Gasteiger partial charge is 0.487 e. The van der Waals surface area contributed by atoms with Crippen LogP contribution in [0.2, 0.25) is 5.02 Å². The highest BCUT2D eigenvalue weighted by Crippen LogP contribution is 2.33. The Kier molecular flexibility index (Phi) is 6.12. The Hall–Kier alpha value is -1.26. The van der Waals surface area contributed by atoms with Crippen LogP contribution in [0, 0.1) is 0 Å². The molecule has 0 aliphatic heterocycles. The van der Waals surface area contributed by atoms with Crippen molar-refractivity contribution in [3.63, 3.8) is 0 Å². The van der Waals surface area contributed by atoms with Crippen molar-refractivity contribution < 1.29 is 9.53 Å². The quantitative estimate of drug-likeness (QED) is 0.843. The number of nitrogens with two attached hydrogens (primary N) is 1. The fourth-order valence-corrected chi connectivity index (χ4v) is 1.75. The summed E-state index contributed by atoms with van der Waals surface area (Å²) in [6.07, 6.45) is 1.01. The van der Waals surface area contributed by atoms with Gasteiger partial charge < -0.3 is 15.8 Å². The van der Waals surface area contributed by atoms with E-state index in [1.165, 1.54) is 0 Å². The molecule has 1 atom stereocenters. The van der Waals surface area contributed by atoms with E-state index in [1.807, 2.05) is 20.8 Å². The van der Waals surface area contributed by atoms with E-state index < -0.39 is 0 Å². The van der Waals surface area contributed by atoms with E-state index in [0.717, 1.165) is 0 Å². The molecule has 0 saturated heterocycles. The third-order valence-corrected chi connectivity index (χ3v) is 2.72. The second-order valence-electron chi connectivity index (χ2n) is 4.85. The Bertz CT molecular complexity index is 433. The van der Waals surface area contributed by atoms with Gasteiger partial charge >= 0.3 is 0 Å². The monoisotopic (exact) mass is 284 g/mol. The minimum Gasteiger partial charge on any atom is -0.487 e. The number of benzene rings is 1. The van der Waals surface area contributed by atoms with Crippen LogP contribution in [0.3, 0.4) is 0 Å². The standard InChI is InChI=1S/C14H21ClN2O2/c1-9(2)19-14-11(15)5-4-6-12(14)17-13(18)8-7-10(3)16/h4-6,9-10H,7-8,16H2,1-3H3,(H,17,18). The first kappa shape index (κ1) is 15.8. The molecule has 1 amide bonds. The normalized spacial score (nSPS) is 12.3. The van der Waals surface area contributed by atoms with Gasteiger partial charge in [0.15, 0.2) is 5.75 Å². The number of rotatable bonds is 6. The average Bonchev–Trinajstić information content (AvgIpc) is 2.30. The fourth-order valence-electron chi connectivity index (χ4n) is 1.53. The first-order valence-electron chi connectivity index (χ1n) is 6.40. The Balaban J connectivity index is 2.77. The number of halogens is 1. The van der Waals surface area contributed by atoms with E-state index in [2.05, 4.69) is 5.32 Å². The first-order chi connectivity index (χ1) is 8.90. The van der Waals surface area contributed by atoms with Gasteiger partial charge in [0.25, 0.3) is 0 Å². The topological polar surface area (TPSA) is 64.4 Å². The predicted octanol–water partition coefficient (Wildman–Crippen LogP) is 3.19. The number of hydrogen-bond acceptors (Lipinski definition) is 3. The molecule has 1 aromatic carbocycles. The third-order valence-electron chi connectivity index (χ3n) is 2.42. The molecule has 3 N–H and O–H groups in total. The predicted molar refractivity (Wildman–Crippen MR) is 78.7 cm³/mol. The van der Waals surface area contributed by atoms with Crippen LogP contribution in [0.4, 0.5) is 5.69 Å². The van der Waals surface area contributed by atoms with Crippen molar-refractivity contribution in [2.24, 2.45) is 5.73 Å².